The first-order valence-corrected chi connectivity index (χ1v) is 9.87. The highest BCUT2D eigenvalue weighted by molar-refractivity contribution is 6.04. The van der Waals surface area contributed by atoms with Crippen LogP contribution in [-0.4, -0.2) is 27.4 Å². The van der Waals surface area contributed by atoms with E-state index in [1.807, 2.05) is 48.8 Å². The minimum atomic E-state index is 0.263. The van der Waals surface area contributed by atoms with Crippen LogP contribution < -0.4 is 5.43 Å². The Morgan fingerprint density at radius 2 is 1.67 bits per heavy atom. The fourth-order valence-corrected chi connectivity index (χ4v) is 5.03. The molecule has 0 saturated heterocycles. The van der Waals surface area contributed by atoms with Gasteiger partial charge in [0.1, 0.15) is 0 Å². The van der Waals surface area contributed by atoms with Gasteiger partial charge < -0.3 is 5.11 Å². The number of aliphatic hydroxyl groups excluding tert-OH is 1. The van der Waals surface area contributed by atoms with Gasteiger partial charge in [0.05, 0.1) is 22.8 Å². The smallest absolute Gasteiger partial charge is 0.0935 e. The Morgan fingerprint density at radius 3 is 2.37 bits per heavy atom. The summed E-state index contributed by atoms with van der Waals surface area (Å²) in [6.07, 6.45) is 8.02. The monoisotopic (exact) mass is 360 g/mol. The van der Waals surface area contributed by atoms with E-state index in [0.29, 0.717) is 24.4 Å². The Balaban J connectivity index is 1.54. The van der Waals surface area contributed by atoms with Crippen molar-refractivity contribution >= 4 is 11.4 Å². The number of hydrogen-bond donors (Lipinski definition) is 2. The van der Waals surface area contributed by atoms with Crippen LogP contribution in [-0.2, 0) is 0 Å². The summed E-state index contributed by atoms with van der Waals surface area (Å²) in [4.78, 5) is 9.12. The highest BCUT2D eigenvalue weighted by Crippen LogP contribution is 2.55. The number of aliphatic hydroxyl groups is 1. The molecule has 2 fully saturated rings. The number of rotatable bonds is 3. The molecule has 2 saturated carbocycles. The molecule has 27 heavy (non-hydrogen) atoms. The Morgan fingerprint density at radius 1 is 0.926 bits per heavy atom. The molecule has 5 nitrogen and oxygen atoms in total. The van der Waals surface area contributed by atoms with E-state index in [-0.39, 0.29) is 5.92 Å². The Labute approximate surface area is 159 Å². The van der Waals surface area contributed by atoms with Crippen molar-refractivity contribution in [2.75, 3.05) is 6.61 Å². The van der Waals surface area contributed by atoms with E-state index in [1.54, 1.807) is 0 Å². The highest BCUT2D eigenvalue weighted by atomic mass is 16.3. The van der Waals surface area contributed by atoms with E-state index in [4.69, 9.17) is 5.10 Å². The van der Waals surface area contributed by atoms with Crippen molar-refractivity contribution < 1.29 is 5.11 Å². The van der Waals surface area contributed by atoms with E-state index in [9.17, 15) is 5.11 Å². The normalized spacial score (nSPS) is 29.6. The first-order chi connectivity index (χ1) is 13.4. The largest absolute Gasteiger partial charge is 0.396 e. The topological polar surface area (TPSA) is 70.4 Å². The van der Waals surface area contributed by atoms with E-state index in [2.05, 4.69) is 15.4 Å². The van der Waals surface area contributed by atoms with Gasteiger partial charge in [-0.3, -0.25) is 15.4 Å². The Kier molecular flexibility index (Phi) is 4.24. The second-order valence-electron chi connectivity index (χ2n) is 7.78. The fraction of sp³-hybridized carbons (Fsp3) is 0.409. The molecule has 5 heteroatoms. The SMILES string of the molecule is OC[C@@H]1[C@H]2CCC3=C(c4ccccn4)NN=C(c4ccccn4)[C@H]3CC[C@@H]12. The first kappa shape index (κ1) is 16.6. The van der Waals surface area contributed by atoms with Gasteiger partial charge in [-0.25, -0.2) is 0 Å². The van der Waals surface area contributed by atoms with Gasteiger partial charge in [0.15, 0.2) is 0 Å². The molecule has 2 N–H and O–H groups in total. The minimum Gasteiger partial charge on any atom is -0.396 e. The Hall–Kier alpha value is -2.53. The molecule has 0 radical (unpaired) electrons. The summed E-state index contributed by atoms with van der Waals surface area (Å²) in [6.45, 7) is 0.325. The highest BCUT2D eigenvalue weighted by Gasteiger charge is 2.50. The molecule has 0 amide bonds. The maximum atomic E-state index is 9.67. The maximum absolute atomic E-state index is 9.67. The van der Waals surface area contributed by atoms with Crippen LogP contribution in [0, 0.1) is 23.7 Å². The summed E-state index contributed by atoms with van der Waals surface area (Å²) in [5.41, 5.74) is 8.68. The second kappa shape index (κ2) is 6.89. The summed E-state index contributed by atoms with van der Waals surface area (Å²) in [5, 5.41) is 14.4. The predicted molar refractivity (Wildman–Crippen MR) is 105 cm³/mol. The van der Waals surface area contributed by atoms with Crippen LogP contribution in [0.2, 0.25) is 0 Å². The van der Waals surface area contributed by atoms with Crippen molar-refractivity contribution in [2.45, 2.75) is 25.7 Å². The lowest BCUT2D eigenvalue weighted by molar-refractivity contribution is 0.262. The summed E-state index contributed by atoms with van der Waals surface area (Å²) in [6, 6.07) is 12.0. The third-order valence-corrected chi connectivity index (χ3v) is 6.46. The molecule has 0 bridgehead atoms. The standard InChI is InChI=1S/C22H24N4O/c27-13-18-14-7-9-16-17(10-8-15(14)18)22(20-6-2-4-12-24-20)26-25-21(16)19-5-1-3-11-23-19/h1-6,11-12,14-16,18,26-27H,7-10,13H2/t14-,15+,16+,18+/m1/s1. The van der Waals surface area contributed by atoms with Crippen LogP contribution in [0.5, 0.6) is 0 Å². The molecule has 0 spiro atoms. The lowest BCUT2D eigenvalue weighted by Crippen LogP contribution is -2.30. The number of nitrogens with one attached hydrogen (secondary N) is 1. The van der Waals surface area contributed by atoms with Crippen molar-refractivity contribution in [2.24, 2.45) is 28.8 Å². The summed E-state index contributed by atoms with van der Waals surface area (Å²) in [5.74, 6) is 2.10. The molecule has 2 aromatic heterocycles. The average molecular weight is 360 g/mol. The zero-order chi connectivity index (χ0) is 18.2. The number of hydrogen-bond acceptors (Lipinski definition) is 5. The van der Waals surface area contributed by atoms with Gasteiger partial charge in [-0.2, -0.15) is 5.10 Å². The molecule has 138 valence electrons. The molecular formula is C22H24N4O. The van der Waals surface area contributed by atoms with Gasteiger partial charge in [0, 0.05) is 24.9 Å². The fourth-order valence-electron chi connectivity index (χ4n) is 5.03. The van der Waals surface area contributed by atoms with Crippen molar-refractivity contribution in [3.05, 3.63) is 65.8 Å². The van der Waals surface area contributed by atoms with Gasteiger partial charge in [-0.05, 0) is 73.3 Å². The van der Waals surface area contributed by atoms with Crippen molar-refractivity contribution in [3.63, 3.8) is 0 Å². The lowest BCUT2D eigenvalue weighted by atomic mass is 9.80. The van der Waals surface area contributed by atoms with E-state index in [0.717, 1.165) is 48.5 Å². The molecule has 2 aromatic rings. The van der Waals surface area contributed by atoms with E-state index >= 15 is 0 Å². The van der Waals surface area contributed by atoms with Gasteiger partial charge in [-0.1, -0.05) is 12.1 Å². The van der Waals surface area contributed by atoms with Crippen LogP contribution in [0.4, 0.5) is 0 Å². The van der Waals surface area contributed by atoms with Gasteiger partial charge in [0.2, 0.25) is 0 Å². The third-order valence-electron chi connectivity index (χ3n) is 6.46. The molecule has 3 aliphatic rings. The van der Waals surface area contributed by atoms with Crippen LogP contribution in [0.3, 0.4) is 0 Å². The maximum Gasteiger partial charge on any atom is 0.0935 e. The molecule has 1 aliphatic heterocycles. The van der Waals surface area contributed by atoms with Gasteiger partial charge in [0.25, 0.3) is 0 Å². The van der Waals surface area contributed by atoms with Crippen LogP contribution in [0.15, 0.2) is 59.5 Å². The zero-order valence-electron chi connectivity index (χ0n) is 15.3. The summed E-state index contributed by atoms with van der Waals surface area (Å²) < 4.78 is 0. The molecule has 5 rings (SSSR count). The van der Waals surface area contributed by atoms with Crippen LogP contribution in [0.1, 0.15) is 37.1 Å². The number of fused-ring (bicyclic) bond motifs is 2. The lowest BCUT2D eigenvalue weighted by Gasteiger charge is -2.30. The van der Waals surface area contributed by atoms with Gasteiger partial charge >= 0.3 is 0 Å². The number of allylic oxidation sites excluding steroid dienone is 1. The number of pyridine rings is 2. The molecular weight excluding hydrogens is 336 g/mol. The second-order valence-corrected chi connectivity index (χ2v) is 7.78. The average Bonchev–Trinajstić information content (AvgIpc) is 3.40. The minimum absolute atomic E-state index is 0.263. The predicted octanol–water partition coefficient (Wildman–Crippen LogP) is 3.24. The molecule has 0 unspecified atom stereocenters. The van der Waals surface area contributed by atoms with Crippen molar-refractivity contribution in [1.29, 1.82) is 0 Å². The third kappa shape index (κ3) is 2.96. The quantitative estimate of drug-likeness (QED) is 0.882. The zero-order valence-corrected chi connectivity index (χ0v) is 15.3. The Bertz CT molecular complexity index is 878. The van der Waals surface area contributed by atoms with Gasteiger partial charge in [-0.15, -0.1) is 0 Å². The summed E-state index contributed by atoms with van der Waals surface area (Å²) >= 11 is 0. The molecule has 2 aliphatic carbocycles. The number of hydrazone groups is 1. The van der Waals surface area contributed by atoms with Crippen LogP contribution >= 0.6 is 0 Å². The number of nitrogens with zero attached hydrogens (tertiary/aromatic N) is 3. The van der Waals surface area contributed by atoms with Crippen molar-refractivity contribution in [1.82, 2.24) is 15.4 Å². The first-order valence-electron chi connectivity index (χ1n) is 9.87. The molecule has 4 atom stereocenters. The number of aromatic nitrogens is 2. The van der Waals surface area contributed by atoms with Crippen molar-refractivity contribution in [3.8, 4) is 0 Å². The summed E-state index contributed by atoms with van der Waals surface area (Å²) in [7, 11) is 0. The molecule has 0 aromatic carbocycles. The van der Waals surface area contributed by atoms with E-state index in [1.165, 1.54) is 5.57 Å². The van der Waals surface area contributed by atoms with E-state index < -0.39 is 0 Å². The molecule has 3 heterocycles. The van der Waals surface area contributed by atoms with Crippen LogP contribution in [0.25, 0.3) is 5.70 Å².